The van der Waals surface area contributed by atoms with Crippen LogP contribution in [0.2, 0.25) is 10.0 Å². The molecular formula is C31H35Cl2N3O2. The maximum absolute atomic E-state index is 12.5. The molecular weight excluding hydrogens is 517 g/mol. The first-order chi connectivity index (χ1) is 18.4. The van der Waals surface area contributed by atoms with Gasteiger partial charge in [0.1, 0.15) is 5.75 Å². The molecule has 2 saturated heterocycles. The van der Waals surface area contributed by atoms with Gasteiger partial charge in [-0.1, -0.05) is 29.3 Å². The summed E-state index contributed by atoms with van der Waals surface area (Å²) in [5.41, 5.74) is 3.35. The van der Waals surface area contributed by atoms with Crippen LogP contribution in [0.25, 0.3) is 17.0 Å². The lowest BCUT2D eigenvalue weighted by Crippen LogP contribution is -2.46. The number of H-pyrrole nitrogens is 1. The third kappa shape index (κ3) is 5.47. The summed E-state index contributed by atoms with van der Waals surface area (Å²) in [6.07, 6.45) is 15.0. The van der Waals surface area contributed by atoms with Gasteiger partial charge in [-0.15, -0.1) is 0 Å². The number of fused-ring (bicyclic) bond motifs is 3. The molecule has 2 aromatic carbocycles. The second kappa shape index (κ2) is 11.0. The molecule has 3 aliphatic rings. The van der Waals surface area contributed by atoms with E-state index in [1.807, 2.05) is 18.2 Å². The van der Waals surface area contributed by atoms with E-state index in [4.69, 9.17) is 23.2 Å². The minimum absolute atomic E-state index is 0.0507. The van der Waals surface area contributed by atoms with Gasteiger partial charge in [0, 0.05) is 47.8 Å². The van der Waals surface area contributed by atoms with Crippen molar-refractivity contribution >= 4 is 46.1 Å². The lowest BCUT2D eigenvalue weighted by molar-refractivity contribution is -0.117. The van der Waals surface area contributed by atoms with Crippen LogP contribution in [0.3, 0.4) is 0 Å². The van der Waals surface area contributed by atoms with Crippen LogP contribution in [0.5, 0.6) is 5.75 Å². The molecule has 7 heteroatoms. The van der Waals surface area contributed by atoms with Crippen molar-refractivity contribution in [1.29, 1.82) is 0 Å². The highest BCUT2D eigenvalue weighted by Crippen LogP contribution is 2.45. The van der Waals surface area contributed by atoms with Crippen molar-refractivity contribution in [3.63, 3.8) is 0 Å². The Labute approximate surface area is 234 Å². The molecule has 2 unspecified atom stereocenters. The number of phenolic OH excluding ortho intramolecular Hbond substituents is 1. The number of hydrogen-bond acceptors (Lipinski definition) is 3. The third-order valence-corrected chi connectivity index (χ3v) is 9.79. The van der Waals surface area contributed by atoms with Gasteiger partial charge in [0.05, 0.1) is 10.0 Å². The minimum Gasteiger partial charge on any atom is -0.508 e. The Morgan fingerprint density at radius 2 is 1.76 bits per heavy atom. The molecule has 3 heterocycles. The number of benzene rings is 2. The summed E-state index contributed by atoms with van der Waals surface area (Å²) in [6, 6.07) is 12.6. The second-order valence-corrected chi connectivity index (χ2v) is 12.3. The summed E-state index contributed by atoms with van der Waals surface area (Å²) in [5.74, 6) is 1.56. The quantitative estimate of drug-likeness (QED) is 0.282. The summed E-state index contributed by atoms with van der Waals surface area (Å²) in [4.78, 5) is 18.7. The lowest BCUT2D eigenvalue weighted by atomic mass is 9.82. The number of carbonyl (C=O) groups is 1. The Morgan fingerprint density at radius 3 is 2.50 bits per heavy atom. The van der Waals surface area contributed by atoms with Crippen LogP contribution < -0.4 is 5.32 Å². The van der Waals surface area contributed by atoms with E-state index in [0.717, 1.165) is 23.9 Å². The number of rotatable bonds is 6. The molecule has 1 saturated carbocycles. The van der Waals surface area contributed by atoms with E-state index in [2.05, 4.69) is 21.4 Å². The number of phenols is 1. The monoisotopic (exact) mass is 551 g/mol. The first-order valence-corrected chi connectivity index (χ1v) is 14.7. The zero-order valence-corrected chi connectivity index (χ0v) is 23.0. The number of carbonyl (C=O) groups excluding carboxylic acids is 1. The van der Waals surface area contributed by atoms with Crippen LogP contribution in [-0.4, -0.2) is 45.6 Å². The van der Waals surface area contributed by atoms with Gasteiger partial charge in [-0.25, -0.2) is 0 Å². The molecule has 2 bridgehead atoms. The molecule has 1 aliphatic carbocycles. The minimum atomic E-state index is -0.0507. The van der Waals surface area contributed by atoms with Crippen molar-refractivity contribution in [3.8, 4) is 5.75 Å². The predicted molar refractivity (Wildman–Crippen MR) is 155 cm³/mol. The maximum Gasteiger partial charge on any atom is 0.244 e. The summed E-state index contributed by atoms with van der Waals surface area (Å²) >= 11 is 12.0. The van der Waals surface area contributed by atoms with Crippen LogP contribution in [0, 0.1) is 5.92 Å². The van der Waals surface area contributed by atoms with Crippen LogP contribution in [0.1, 0.15) is 68.4 Å². The molecule has 2 aliphatic heterocycles. The van der Waals surface area contributed by atoms with E-state index < -0.39 is 0 Å². The van der Waals surface area contributed by atoms with Crippen molar-refractivity contribution in [1.82, 2.24) is 15.2 Å². The van der Waals surface area contributed by atoms with Gasteiger partial charge in [-0.05, 0) is 111 Å². The Kier molecular flexibility index (Phi) is 7.43. The van der Waals surface area contributed by atoms with Crippen molar-refractivity contribution in [2.24, 2.45) is 5.92 Å². The molecule has 6 rings (SSSR count). The van der Waals surface area contributed by atoms with Gasteiger partial charge in [0.25, 0.3) is 0 Å². The standard InChI is InChI=1S/C31H35Cl2N3O2/c32-28-10-3-19(13-29(28)33)4-12-31(38)35-22-5-1-20(2-6-22)18-36-23-7-8-24(36)15-21(14-23)27-17-34-30-11-9-25(37)16-26(27)30/h3-4,9-13,16-17,20-24,34,37H,1-2,5-8,14-15,18H2,(H,35,38). The van der Waals surface area contributed by atoms with E-state index in [1.165, 1.54) is 56.0 Å². The number of nitrogens with one attached hydrogen (secondary N) is 2. The zero-order chi connectivity index (χ0) is 26.2. The number of aromatic hydroxyl groups is 1. The Balaban J connectivity index is 0.992. The summed E-state index contributed by atoms with van der Waals surface area (Å²) in [6.45, 7) is 1.19. The van der Waals surface area contributed by atoms with E-state index >= 15 is 0 Å². The highest BCUT2D eigenvalue weighted by Gasteiger charge is 2.42. The van der Waals surface area contributed by atoms with Crippen molar-refractivity contribution in [2.45, 2.75) is 75.4 Å². The molecule has 1 aromatic heterocycles. The molecule has 200 valence electrons. The largest absolute Gasteiger partial charge is 0.508 e. The molecule has 38 heavy (non-hydrogen) atoms. The van der Waals surface area contributed by atoms with Crippen LogP contribution >= 0.6 is 23.2 Å². The van der Waals surface area contributed by atoms with E-state index in [1.54, 1.807) is 30.4 Å². The van der Waals surface area contributed by atoms with Gasteiger partial charge in [-0.2, -0.15) is 0 Å². The van der Waals surface area contributed by atoms with Crippen LogP contribution in [0.15, 0.2) is 48.7 Å². The average Bonchev–Trinajstić information content (AvgIpc) is 3.41. The van der Waals surface area contributed by atoms with Gasteiger partial charge < -0.3 is 15.4 Å². The number of aromatic amines is 1. The Morgan fingerprint density at radius 1 is 1.00 bits per heavy atom. The van der Waals surface area contributed by atoms with Crippen molar-refractivity contribution < 1.29 is 9.90 Å². The maximum atomic E-state index is 12.5. The lowest BCUT2D eigenvalue weighted by Gasteiger charge is -2.42. The molecule has 3 N–H and O–H groups in total. The highest BCUT2D eigenvalue weighted by molar-refractivity contribution is 6.42. The molecule has 0 spiro atoms. The van der Waals surface area contributed by atoms with Crippen molar-refractivity contribution in [2.75, 3.05) is 6.54 Å². The Hall–Kier alpha value is -2.47. The number of halogens is 2. The molecule has 5 nitrogen and oxygen atoms in total. The zero-order valence-electron chi connectivity index (χ0n) is 21.5. The first-order valence-electron chi connectivity index (χ1n) is 13.9. The number of nitrogens with zero attached hydrogens (tertiary/aromatic N) is 1. The predicted octanol–water partition coefficient (Wildman–Crippen LogP) is 7.28. The van der Waals surface area contributed by atoms with E-state index in [-0.39, 0.29) is 11.9 Å². The number of piperidine rings is 1. The van der Waals surface area contributed by atoms with Crippen molar-refractivity contribution in [3.05, 3.63) is 69.8 Å². The molecule has 2 atom stereocenters. The summed E-state index contributed by atoms with van der Waals surface area (Å²) in [5, 5.41) is 15.4. The number of hydrogen-bond donors (Lipinski definition) is 3. The number of aromatic nitrogens is 1. The smallest absolute Gasteiger partial charge is 0.244 e. The topological polar surface area (TPSA) is 68.4 Å². The third-order valence-electron chi connectivity index (χ3n) is 9.05. The highest BCUT2D eigenvalue weighted by atomic mass is 35.5. The fourth-order valence-corrected chi connectivity index (χ4v) is 7.43. The molecule has 3 fully saturated rings. The van der Waals surface area contributed by atoms with Gasteiger partial charge in [0.15, 0.2) is 0 Å². The first kappa shape index (κ1) is 25.8. The summed E-state index contributed by atoms with van der Waals surface area (Å²) < 4.78 is 0. The number of amides is 1. The fraction of sp³-hybridized carbons (Fsp3) is 0.452. The SMILES string of the molecule is O=C(C=Cc1ccc(Cl)c(Cl)c1)NC1CCC(CN2C3CCC2CC(c2c[nH]c4ccc(O)cc24)C3)CC1. The second-order valence-electron chi connectivity index (χ2n) is 11.5. The normalized spacial score (nSPS) is 27.8. The molecule has 3 aromatic rings. The van der Waals surface area contributed by atoms with E-state index in [0.29, 0.717) is 39.7 Å². The van der Waals surface area contributed by atoms with E-state index in [9.17, 15) is 9.90 Å². The van der Waals surface area contributed by atoms with Crippen LogP contribution in [0.4, 0.5) is 0 Å². The summed E-state index contributed by atoms with van der Waals surface area (Å²) in [7, 11) is 0. The van der Waals surface area contributed by atoms with Gasteiger partial charge >= 0.3 is 0 Å². The fourth-order valence-electron chi connectivity index (χ4n) is 7.12. The molecule has 0 radical (unpaired) electrons. The average molecular weight is 553 g/mol. The molecule has 1 amide bonds. The van der Waals surface area contributed by atoms with Crippen LogP contribution in [-0.2, 0) is 4.79 Å². The Bertz CT molecular complexity index is 1330. The van der Waals surface area contributed by atoms with Gasteiger partial charge in [0.2, 0.25) is 5.91 Å². The van der Waals surface area contributed by atoms with Gasteiger partial charge in [-0.3, -0.25) is 9.69 Å².